The van der Waals surface area contributed by atoms with Crippen molar-refractivity contribution in [3.63, 3.8) is 0 Å². The van der Waals surface area contributed by atoms with E-state index in [9.17, 15) is 9.18 Å². The number of carbonyl (C=O) groups is 1. The lowest BCUT2D eigenvalue weighted by molar-refractivity contribution is 0.103. The number of methoxy groups -OCH3 is 3. The summed E-state index contributed by atoms with van der Waals surface area (Å²) in [6, 6.07) is 8.83. The van der Waals surface area contributed by atoms with Gasteiger partial charge < -0.3 is 14.2 Å². The van der Waals surface area contributed by atoms with E-state index in [2.05, 4.69) is 0 Å². The van der Waals surface area contributed by atoms with Crippen LogP contribution in [0.5, 0.6) is 17.2 Å². The minimum absolute atomic E-state index is 0.0290. The first-order chi connectivity index (χ1) is 10.1. The van der Waals surface area contributed by atoms with Crippen LogP contribution in [0.1, 0.15) is 15.9 Å². The third kappa shape index (κ3) is 2.97. The summed E-state index contributed by atoms with van der Waals surface area (Å²) >= 11 is 0. The highest BCUT2D eigenvalue weighted by Gasteiger charge is 2.15. The Morgan fingerprint density at radius 1 is 0.810 bits per heavy atom. The molecule has 0 aliphatic rings. The molecule has 0 bridgehead atoms. The highest BCUT2D eigenvalue weighted by atomic mass is 19.1. The van der Waals surface area contributed by atoms with E-state index < -0.39 is 5.82 Å². The average Bonchev–Trinajstić information content (AvgIpc) is 2.53. The first-order valence-electron chi connectivity index (χ1n) is 6.21. The van der Waals surface area contributed by atoms with Crippen LogP contribution >= 0.6 is 0 Å². The van der Waals surface area contributed by atoms with Crippen LogP contribution in [-0.2, 0) is 0 Å². The van der Waals surface area contributed by atoms with E-state index in [1.165, 1.54) is 39.5 Å². The molecule has 0 saturated heterocycles. The summed E-state index contributed by atoms with van der Waals surface area (Å²) in [4.78, 5) is 12.4. The largest absolute Gasteiger partial charge is 0.494 e. The van der Waals surface area contributed by atoms with Crippen molar-refractivity contribution in [2.24, 2.45) is 0 Å². The summed E-state index contributed by atoms with van der Waals surface area (Å²) in [7, 11) is 4.36. The van der Waals surface area contributed by atoms with Crippen molar-refractivity contribution in [1.82, 2.24) is 0 Å². The van der Waals surface area contributed by atoms with Crippen LogP contribution in [-0.4, -0.2) is 27.1 Å². The van der Waals surface area contributed by atoms with Crippen LogP contribution in [0.3, 0.4) is 0 Å². The molecule has 0 unspecified atom stereocenters. The Labute approximate surface area is 122 Å². The molecular formula is C16H15FO4. The van der Waals surface area contributed by atoms with Crippen molar-refractivity contribution < 1.29 is 23.4 Å². The second-order valence-corrected chi connectivity index (χ2v) is 4.25. The molecule has 0 fully saturated rings. The van der Waals surface area contributed by atoms with Crippen LogP contribution < -0.4 is 14.2 Å². The first kappa shape index (κ1) is 14.8. The first-order valence-corrected chi connectivity index (χ1v) is 6.21. The van der Waals surface area contributed by atoms with Gasteiger partial charge in [0.2, 0.25) is 0 Å². The lowest BCUT2D eigenvalue weighted by atomic mass is 10.0. The van der Waals surface area contributed by atoms with Crippen LogP contribution in [0.2, 0.25) is 0 Å². The summed E-state index contributed by atoms with van der Waals surface area (Å²) in [6.07, 6.45) is 0. The minimum Gasteiger partial charge on any atom is -0.494 e. The van der Waals surface area contributed by atoms with Gasteiger partial charge in [0.1, 0.15) is 0 Å². The fourth-order valence-electron chi connectivity index (χ4n) is 1.95. The zero-order valence-corrected chi connectivity index (χ0v) is 12.0. The molecule has 0 N–H and O–H groups in total. The number of benzene rings is 2. The normalized spacial score (nSPS) is 10.1. The van der Waals surface area contributed by atoms with E-state index in [-0.39, 0.29) is 11.5 Å². The second-order valence-electron chi connectivity index (χ2n) is 4.25. The number of rotatable bonds is 5. The molecule has 2 aromatic rings. The third-order valence-corrected chi connectivity index (χ3v) is 3.06. The van der Waals surface area contributed by atoms with Gasteiger partial charge in [-0.1, -0.05) is 0 Å². The number of halogens is 1. The van der Waals surface area contributed by atoms with Crippen molar-refractivity contribution in [1.29, 1.82) is 0 Å². The van der Waals surface area contributed by atoms with Crippen molar-refractivity contribution >= 4 is 5.78 Å². The number of hydrogen-bond acceptors (Lipinski definition) is 4. The molecule has 0 aliphatic heterocycles. The lowest BCUT2D eigenvalue weighted by Crippen LogP contribution is -2.03. The molecule has 2 rings (SSSR count). The summed E-state index contributed by atoms with van der Waals surface area (Å²) in [5, 5.41) is 0. The van der Waals surface area contributed by atoms with Crippen molar-refractivity contribution in [3.8, 4) is 17.2 Å². The highest BCUT2D eigenvalue weighted by Crippen LogP contribution is 2.29. The predicted molar refractivity (Wildman–Crippen MR) is 75.9 cm³/mol. The topological polar surface area (TPSA) is 44.8 Å². The van der Waals surface area contributed by atoms with Crippen LogP contribution in [0, 0.1) is 5.82 Å². The van der Waals surface area contributed by atoms with Crippen molar-refractivity contribution in [3.05, 3.63) is 53.3 Å². The zero-order valence-electron chi connectivity index (χ0n) is 12.0. The van der Waals surface area contributed by atoms with Gasteiger partial charge in [0.25, 0.3) is 0 Å². The standard InChI is InChI=1S/C16H15FO4/c1-19-13-7-5-11(9-15(13)21-3)16(18)10-4-6-12(17)14(8-10)20-2/h4-9H,1-3H3. The van der Waals surface area contributed by atoms with Crippen LogP contribution in [0.15, 0.2) is 36.4 Å². The molecule has 0 aliphatic carbocycles. The van der Waals surface area contributed by atoms with Gasteiger partial charge in [0.05, 0.1) is 21.3 Å². The SMILES string of the molecule is COc1cc(C(=O)c2ccc(OC)c(OC)c2)ccc1F. The lowest BCUT2D eigenvalue weighted by Gasteiger charge is -2.09. The van der Waals surface area contributed by atoms with E-state index in [1.54, 1.807) is 18.2 Å². The fourth-order valence-corrected chi connectivity index (χ4v) is 1.95. The Kier molecular flexibility index (Phi) is 4.42. The zero-order chi connectivity index (χ0) is 15.4. The van der Waals surface area contributed by atoms with Gasteiger partial charge in [0, 0.05) is 11.1 Å². The Balaban J connectivity index is 2.40. The molecule has 5 heteroatoms. The maximum absolute atomic E-state index is 13.4. The van der Waals surface area contributed by atoms with Crippen LogP contribution in [0.25, 0.3) is 0 Å². The summed E-state index contributed by atoms with van der Waals surface area (Å²) in [6.45, 7) is 0. The molecular weight excluding hydrogens is 275 g/mol. The molecule has 0 spiro atoms. The summed E-state index contributed by atoms with van der Waals surface area (Å²) in [5.41, 5.74) is 0.752. The maximum Gasteiger partial charge on any atom is 0.193 e. The van der Waals surface area contributed by atoms with Crippen molar-refractivity contribution in [2.75, 3.05) is 21.3 Å². The number of ketones is 1. The van der Waals surface area contributed by atoms with Gasteiger partial charge in [-0.05, 0) is 36.4 Å². The van der Waals surface area contributed by atoms with Gasteiger partial charge in [-0.3, -0.25) is 4.79 Å². The molecule has 21 heavy (non-hydrogen) atoms. The molecule has 4 nitrogen and oxygen atoms in total. The predicted octanol–water partition coefficient (Wildman–Crippen LogP) is 3.08. The monoisotopic (exact) mass is 290 g/mol. The fraction of sp³-hybridized carbons (Fsp3) is 0.188. The molecule has 2 aromatic carbocycles. The Morgan fingerprint density at radius 2 is 1.33 bits per heavy atom. The Bertz CT molecular complexity index is 667. The van der Waals surface area contributed by atoms with Crippen LogP contribution in [0.4, 0.5) is 4.39 Å². The molecule has 110 valence electrons. The van der Waals surface area contributed by atoms with Gasteiger partial charge in [-0.2, -0.15) is 0 Å². The van der Waals surface area contributed by atoms with Gasteiger partial charge in [-0.25, -0.2) is 4.39 Å². The molecule has 0 aromatic heterocycles. The van der Waals surface area contributed by atoms with Gasteiger partial charge in [-0.15, -0.1) is 0 Å². The number of carbonyl (C=O) groups excluding carboxylic acids is 1. The number of hydrogen-bond donors (Lipinski definition) is 0. The third-order valence-electron chi connectivity index (χ3n) is 3.06. The summed E-state index contributed by atoms with van der Waals surface area (Å²) < 4.78 is 28.5. The maximum atomic E-state index is 13.4. The molecule has 0 saturated carbocycles. The molecule has 0 radical (unpaired) electrons. The number of ether oxygens (including phenoxy) is 3. The Morgan fingerprint density at radius 3 is 1.90 bits per heavy atom. The van der Waals surface area contributed by atoms with E-state index in [0.717, 1.165) is 0 Å². The van der Waals surface area contributed by atoms with E-state index in [4.69, 9.17) is 14.2 Å². The van der Waals surface area contributed by atoms with Gasteiger partial charge in [0.15, 0.2) is 28.8 Å². The quantitative estimate of drug-likeness (QED) is 0.794. The molecule has 0 amide bonds. The van der Waals surface area contributed by atoms with E-state index in [1.807, 2.05) is 0 Å². The van der Waals surface area contributed by atoms with Gasteiger partial charge >= 0.3 is 0 Å². The Hall–Kier alpha value is -2.56. The van der Waals surface area contributed by atoms with E-state index >= 15 is 0 Å². The minimum atomic E-state index is -0.513. The molecule has 0 heterocycles. The smallest absolute Gasteiger partial charge is 0.193 e. The van der Waals surface area contributed by atoms with Crippen molar-refractivity contribution in [2.45, 2.75) is 0 Å². The second kappa shape index (κ2) is 6.26. The molecule has 0 atom stereocenters. The average molecular weight is 290 g/mol. The van der Waals surface area contributed by atoms with E-state index in [0.29, 0.717) is 22.6 Å². The highest BCUT2D eigenvalue weighted by molar-refractivity contribution is 6.09. The summed E-state index contributed by atoms with van der Waals surface area (Å²) in [5.74, 6) is 0.250.